The van der Waals surface area contributed by atoms with Crippen LogP contribution in [0.4, 0.5) is 4.39 Å². The third kappa shape index (κ3) is 3.19. The van der Waals surface area contributed by atoms with Crippen LogP contribution in [-0.2, 0) is 4.79 Å². The Morgan fingerprint density at radius 3 is 2.61 bits per heavy atom. The summed E-state index contributed by atoms with van der Waals surface area (Å²) in [7, 11) is 1.38. The van der Waals surface area contributed by atoms with E-state index in [9.17, 15) is 14.0 Å². The average Bonchev–Trinajstić information content (AvgIpc) is 2.34. The van der Waals surface area contributed by atoms with Gasteiger partial charge in [-0.15, -0.1) is 0 Å². The van der Waals surface area contributed by atoms with Gasteiger partial charge in [0.2, 0.25) is 0 Å². The molecule has 0 aromatic heterocycles. The molecule has 0 heterocycles. The first-order valence-corrected chi connectivity index (χ1v) is 5.36. The van der Waals surface area contributed by atoms with Crippen molar-refractivity contribution in [1.29, 1.82) is 0 Å². The summed E-state index contributed by atoms with van der Waals surface area (Å²) in [6.45, 7) is 1.61. The van der Waals surface area contributed by atoms with Crippen LogP contribution in [0.15, 0.2) is 18.2 Å². The molecule has 1 amide bonds. The second-order valence-electron chi connectivity index (χ2n) is 3.62. The van der Waals surface area contributed by atoms with Gasteiger partial charge in [-0.05, 0) is 18.6 Å². The van der Waals surface area contributed by atoms with E-state index >= 15 is 0 Å². The van der Waals surface area contributed by atoms with Gasteiger partial charge in [0.1, 0.15) is 17.6 Å². The van der Waals surface area contributed by atoms with Crippen molar-refractivity contribution >= 4 is 11.9 Å². The van der Waals surface area contributed by atoms with Gasteiger partial charge < -0.3 is 15.2 Å². The number of amides is 1. The van der Waals surface area contributed by atoms with E-state index < -0.39 is 23.7 Å². The largest absolute Gasteiger partial charge is 0.497 e. The Bertz CT molecular complexity index is 461. The highest BCUT2D eigenvalue weighted by Crippen LogP contribution is 2.16. The van der Waals surface area contributed by atoms with E-state index in [-0.39, 0.29) is 17.7 Å². The summed E-state index contributed by atoms with van der Waals surface area (Å²) in [6, 6.07) is 2.72. The molecule has 1 unspecified atom stereocenters. The normalized spacial score (nSPS) is 11.7. The molecule has 98 valence electrons. The predicted octanol–water partition coefficient (Wildman–Crippen LogP) is 1.43. The molecule has 0 spiro atoms. The zero-order chi connectivity index (χ0) is 13.7. The van der Waals surface area contributed by atoms with E-state index in [1.165, 1.54) is 19.2 Å². The summed E-state index contributed by atoms with van der Waals surface area (Å²) in [4.78, 5) is 22.4. The average molecular weight is 255 g/mol. The second kappa shape index (κ2) is 6.00. The predicted molar refractivity (Wildman–Crippen MR) is 62.1 cm³/mol. The standard InChI is InChI=1S/C12H14FNO4/c1-3-10(12(16)17)14-11(15)8-5-4-7(18-2)6-9(8)13/h4-6,10H,3H2,1-2H3,(H,14,15)(H,16,17). The van der Waals surface area contributed by atoms with Crippen molar-refractivity contribution < 1.29 is 23.8 Å². The number of hydrogen-bond acceptors (Lipinski definition) is 3. The summed E-state index contributed by atoms with van der Waals surface area (Å²) in [6.07, 6.45) is 0.221. The van der Waals surface area contributed by atoms with Gasteiger partial charge >= 0.3 is 5.97 Å². The summed E-state index contributed by atoms with van der Waals surface area (Å²) in [5.41, 5.74) is -0.212. The fraction of sp³-hybridized carbons (Fsp3) is 0.333. The maximum Gasteiger partial charge on any atom is 0.326 e. The molecule has 0 bridgehead atoms. The van der Waals surface area contributed by atoms with E-state index in [1.807, 2.05) is 0 Å². The molecule has 2 N–H and O–H groups in total. The highest BCUT2D eigenvalue weighted by molar-refractivity contribution is 5.96. The number of nitrogens with one attached hydrogen (secondary N) is 1. The molecule has 0 radical (unpaired) electrons. The number of carbonyl (C=O) groups is 2. The third-order valence-electron chi connectivity index (χ3n) is 2.43. The lowest BCUT2D eigenvalue weighted by molar-refractivity contribution is -0.139. The van der Waals surface area contributed by atoms with Gasteiger partial charge in [-0.2, -0.15) is 0 Å². The Morgan fingerprint density at radius 1 is 1.50 bits per heavy atom. The van der Waals surface area contributed by atoms with Crippen LogP contribution in [0.5, 0.6) is 5.75 Å². The smallest absolute Gasteiger partial charge is 0.326 e. The fourth-order valence-corrected chi connectivity index (χ4v) is 1.38. The lowest BCUT2D eigenvalue weighted by Gasteiger charge is -2.12. The van der Waals surface area contributed by atoms with Gasteiger partial charge in [0.05, 0.1) is 12.7 Å². The number of hydrogen-bond donors (Lipinski definition) is 2. The van der Waals surface area contributed by atoms with Crippen LogP contribution >= 0.6 is 0 Å². The van der Waals surface area contributed by atoms with Crippen molar-refractivity contribution in [2.45, 2.75) is 19.4 Å². The lowest BCUT2D eigenvalue weighted by Crippen LogP contribution is -2.40. The van der Waals surface area contributed by atoms with Crippen molar-refractivity contribution in [1.82, 2.24) is 5.32 Å². The zero-order valence-electron chi connectivity index (χ0n) is 10.1. The highest BCUT2D eigenvalue weighted by Gasteiger charge is 2.20. The number of carbonyl (C=O) groups excluding carboxylic acids is 1. The van der Waals surface area contributed by atoms with E-state index in [4.69, 9.17) is 9.84 Å². The fourth-order valence-electron chi connectivity index (χ4n) is 1.38. The van der Waals surface area contributed by atoms with E-state index in [0.717, 1.165) is 6.07 Å². The van der Waals surface area contributed by atoms with Crippen LogP contribution in [0.25, 0.3) is 0 Å². The molecule has 1 aromatic rings. The van der Waals surface area contributed by atoms with Gasteiger partial charge in [-0.25, -0.2) is 9.18 Å². The first-order valence-electron chi connectivity index (χ1n) is 5.36. The van der Waals surface area contributed by atoms with Gasteiger partial charge in [0, 0.05) is 6.07 Å². The van der Waals surface area contributed by atoms with Crippen molar-refractivity contribution in [2.24, 2.45) is 0 Å². The Morgan fingerprint density at radius 2 is 2.17 bits per heavy atom. The number of benzene rings is 1. The first kappa shape index (κ1) is 14.0. The number of methoxy groups -OCH3 is 1. The quantitative estimate of drug-likeness (QED) is 0.834. The van der Waals surface area contributed by atoms with Gasteiger partial charge in [-0.3, -0.25) is 4.79 Å². The highest BCUT2D eigenvalue weighted by atomic mass is 19.1. The number of rotatable bonds is 5. The number of carboxylic acids is 1. The number of aliphatic carboxylic acids is 1. The second-order valence-corrected chi connectivity index (χ2v) is 3.62. The third-order valence-corrected chi connectivity index (χ3v) is 2.43. The molecule has 0 aliphatic carbocycles. The van der Waals surface area contributed by atoms with Crippen LogP contribution in [0.2, 0.25) is 0 Å². The van der Waals surface area contributed by atoms with Crippen molar-refractivity contribution in [3.8, 4) is 5.75 Å². The molecular formula is C12H14FNO4. The van der Waals surface area contributed by atoms with Crippen LogP contribution in [0.3, 0.4) is 0 Å². The molecule has 1 atom stereocenters. The van der Waals surface area contributed by atoms with E-state index in [0.29, 0.717) is 0 Å². The molecular weight excluding hydrogens is 241 g/mol. The van der Waals surface area contributed by atoms with E-state index in [1.54, 1.807) is 6.92 Å². The maximum atomic E-state index is 13.6. The van der Waals surface area contributed by atoms with Gasteiger partial charge in [0.15, 0.2) is 0 Å². The number of halogens is 1. The SMILES string of the molecule is CCC(NC(=O)c1ccc(OC)cc1F)C(=O)O. The van der Waals surface area contributed by atoms with Gasteiger partial charge in [-0.1, -0.05) is 6.92 Å². The van der Waals surface area contributed by atoms with Crippen molar-refractivity contribution in [2.75, 3.05) is 7.11 Å². The van der Waals surface area contributed by atoms with Crippen LogP contribution in [-0.4, -0.2) is 30.1 Å². The van der Waals surface area contributed by atoms with Crippen molar-refractivity contribution in [3.05, 3.63) is 29.6 Å². The lowest BCUT2D eigenvalue weighted by atomic mass is 10.1. The molecule has 0 saturated carbocycles. The van der Waals surface area contributed by atoms with Crippen molar-refractivity contribution in [3.63, 3.8) is 0 Å². The molecule has 0 fully saturated rings. The molecule has 6 heteroatoms. The number of carboxylic acid groups (broad SMARTS) is 1. The molecule has 1 rings (SSSR count). The summed E-state index contributed by atoms with van der Waals surface area (Å²) in [5.74, 6) is -2.38. The Labute approximate surface area is 104 Å². The Kier molecular flexibility index (Phi) is 4.65. The summed E-state index contributed by atoms with van der Waals surface area (Å²) >= 11 is 0. The minimum absolute atomic E-state index is 0.212. The zero-order valence-corrected chi connectivity index (χ0v) is 10.1. The molecule has 0 aliphatic heterocycles. The molecule has 0 aliphatic rings. The minimum Gasteiger partial charge on any atom is -0.497 e. The Balaban J connectivity index is 2.87. The number of ether oxygens (including phenoxy) is 1. The van der Waals surface area contributed by atoms with Gasteiger partial charge in [0.25, 0.3) is 5.91 Å². The van der Waals surface area contributed by atoms with Crippen LogP contribution in [0, 0.1) is 5.82 Å². The maximum absolute atomic E-state index is 13.6. The molecule has 1 aromatic carbocycles. The molecule has 5 nitrogen and oxygen atoms in total. The summed E-state index contributed by atoms with van der Waals surface area (Å²) in [5, 5.41) is 11.0. The van der Waals surface area contributed by atoms with Crippen LogP contribution in [0.1, 0.15) is 23.7 Å². The Hall–Kier alpha value is -2.11. The minimum atomic E-state index is -1.15. The summed E-state index contributed by atoms with van der Waals surface area (Å²) < 4.78 is 18.4. The first-order chi connectivity index (χ1) is 8.49. The van der Waals surface area contributed by atoms with Crippen LogP contribution < -0.4 is 10.1 Å². The molecule has 18 heavy (non-hydrogen) atoms. The van der Waals surface area contributed by atoms with E-state index in [2.05, 4.69) is 5.32 Å². The monoisotopic (exact) mass is 255 g/mol. The topological polar surface area (TPSA) is 75.6 Å². The molecule has 0 saturated heterocycles.